The lowest BCUT2D eigenvalue weighted by Crippen LogP contribution is -2.56. The normalized spacial score (nSPS) is 44.0. The van der Waals surface area contributed by atoms with Crippen LogP contribution >= 0.6 is 7.82 Å². The number of hydrogen-bond acceptors (Lipinski definition) is 7. The van der Waals surface area contributed by atoms with Crippen LogP contribution in [0.3, 0.4) is 0 Å². The third-order valence-corrected chi connectivity index (χ3v) is 3.40. The monoisotopic (exact) mass is 258 g/mol. The zero-order chi connectivity index (χ0) is 12.5. The van der Waals surface area contributed by atoms with Gasteiger partial charge in [-0.25, -0.2) is 4.57 Å². The number of aliphatic hydroxyl groups is 4. The van der Waals surface area contributed by atoms with Gasteiger partial charge < -0.3 is 25.3 Å². The van der Waals surface area contributed by atoms with E-state index in [4.69, 9.17) is 4.89 Å². The van der Waals surface area contributed by atoms with Gasteiger partial charge in [0.25, 0.3) is 0 Å². The third kappa shape index (κ3) is 2.99. The molecule has 0 aromatic carbocycles. The lowest BCUT2D eigenvalue weighted by molar-refractivity contribution is -0.172. The first kappa shape index (κ1) is 14.0. The smallest absolute Gasteiger partial charge is 0.390 e. The summed E-state index contributed by atoms with van der Waals surface area (Å²) in [5.74, 6) is 0. The number of rotatable bonds is 3. The van der Waals surface area contributed by atoms with E-state index in [0.29, 0.717) is 0 Å². The highest BCUT2D eigenvalue weighted by molar-refractivity contribution is 7.47. The van der Waals surface area contributed by atoms with Crippen molar-refractivity contribution < 1.29 is 38.9 Å². The second-order valence-electron chi connectivity index (χ2n) is 3.57. The summed E-state index contributed by atoms with van der Waals surface area (Å²) >= 11 is 0. The Labute approximate surface area is 91.7 Å². The van der Waals surface area contributed by atoms with Crippen molar-refractivity contribution in [2.75, 3.05) is 7.11 Å². The molecule has 1 aliphatic rings. The highest BCUT2D eigenvalue weighted by Gasteiger charge is 2.45. The number of hydrogen-bond donors (Lipinski definition) is 5. The van der Waals surface area contributed by atoms with E-state index in [1.807, 2.05) is 0 Å². The van der Waals surface area contributed by atoms with Crippen LogP contribution in [0.15, 0.2) is 0 Å². The Kier molecular flexibility index (Phi) is 4.44. The minimum Gasteiger partial charge on any atom is -0.390 e. The van der Waals surface area contributed by atoms with Crippen LogP contribution in [0.5, 0.6) is 0 Å². The summed E-state index contributed by atoms with van der Waals surface area (Å²) in [6, 6.07) is 0. The molecular formula is C7H15O8P. The maximum absolute atomic E-state index is 11.1. The molecule has 0 heterocycles. The Morgan fingerprint density at radius 2 is 1.69 bits per heavy atom. The Morgan fingerprint density at radius 1 is 1.12 bits per heavy atom. The maximum Gasteiger partial charge on any atom is 0.472 e. The Morgan fingerprint density at radius 3 is 2.19 bits per heavy atom. The fourth-order valence-electron chi connectivity index (χ4n) is 1.50. The van der Waals surface area contributed by atoms with Crippen molar-refractivity contribution in [2.45, 2.75) is 36.9 Å². The van der Waals surface area contributed by atoms with Gasteiger partial charge in [0.2, 0.25) is 0 Å². The molecule has 0 aromatic rings. The van der Waals surface area contributed by atoms with Gasteiger partial charge >= 0.3 is 7.82 Å². The largest absolute Gasteiger partial charge is 0.472 e. The molecule has 0 radical (unpaired) electrons. The van der Waals surface area contributed by atoms with Crippen molar-refractivity contribution in [3.8, 4) is 0 Å². The SMILES string of the molecule is COP(=O)(O)OC1C(O)[C@@H](O)C(O)C[C@H]1O. The molecule has 0 amide bonds. The predicted octanol–water partition coefficient (Wildman–Crippen LogP) is -2.03. The highest BCUT2D eigenvalue weighted by atomic mass is 31.2. The standard InChI is InChI=1S/C7H15O8P/c1-14-16(12,13)15-7-4(9)2-3(8)5(10)6(7)11/h3-11H,2H2,1H3,(H,12,13)/t3?,4-,5+,6?,7?/m1/s1. The average Bonchev–Trinajstić information content (AvgIpc) is 2.21. The van der Waals surface area contributed by atoms with Crippen LogP contribution < -0.4 is 0 Å². The first-order chi connectivity index (χ1) is 7.28. The van der Waals surface area contributed by atoms with Crippen LogP contribution in [0.2, 0.25) is 0 Å². The van der Waals surface area contributed by atoms with E-state index < -0.39 is 38.3 Å². The lowest BCUT2D eigenvalue weighted by Gasteiger charge is -2.38. The Bertz CT molecular complexity index is 284. The number of phosphoric ester groups is 1. The minimum absolute atomic E-state index is 0.271. The zero-order valence-corrected chi connectivity index (χ0v) is 9.40. The minimum atomic E-state index is -4.38. The van der Waals surface area contributed by atoms with E-state index in [1.54, 1.807) is 0 Å². The summed E-state index contributed by atoms with van der Waals surface area (Å²) in [5, 5.41) is 37.4. The van der Waals surface area contributed by atoms with Gasteiger partial charge in [0.1, 0.15) is 18.3 Å². The van der Waals surface area contributed by atoms with Gasteiger partial charge in [-0.05, 0) is 0 Å². The topological polar surface area (TPSA) is 137 Å². The molecule has 1 aliphatic carbocycles. The van der Waals surface area contributed by atoms with Gasteiger partial charge in [-0.3, -0.25) is 9.05 Å². The van der Waals surface area contributed by atoms with Gasteiger partial charge in [-0.15, -0.1) is 0 Å². The molecule has 96 valence electrons. The van der Waals surface area contributed by atoms with Crippen LogP contribution in [0.1, 0.15) is 6.42 Å². The van der Waals surface area contributed by atoms with E-state index in [0.717, 1.165) is 7.11 Å². The second-order valence-corrected chi connectivity index (χ2v) is 5.09. The first-order valence-corrected chi connectivity index (χ1v) is 6.07. The molecule has 0 aromatic heterocycles. The van der Waals surface area contributed by atoms with Gasteiger partial charge in [0.15, 0.2) is 0 Å². The van der Waals surface area contributed by atoms with Crippen LogP contribution in [0.4, 0.5) is 0 Å². The van der Waals surface area contributed by atoms with Crippen molar-refractivity contribution >= 4 is 7.82 Å². The van der Waals surface area contributed by atoms with Crippen molar-refractivity contribution in [1.29, 1.82) is 0 Å². The Balaban J connectivity index is 2.75. The molecule has 1 rings (SSSR count). The first-order valence-electron chi connectivity index (χ1n) is 4.57. The zero-order valence-electron chi connectivity index (χ0n) is 8.50. The van der Waals surface area contributed by atoms with Crippen LogP contribution in [0.25, 0.3) is 0 Å². The third-order valence-electron chi connectivity index (χ3n) is 2.43. The van der Waals surface area contributed by atoms with Crippen molar-refractivity contribution in [3.05, 3.63) is 0 Å². The van der Waals surface area contributed by atoms with Gasteiger partial charge in [0.05, 0.1) is 12.2 Å². The molecular weight excluding hydrogens is 243 g/mol. The van der Waals surface area contributed by atoms with E-state index >= 15 is 0 Å². The van der Waals surface area contributed by atoms with Crippen molar-refractivity contribution in [1.82, 2.24) is 0 Å². The van der Waals surface area contributed by atoms with E-state index in [2.05, 4.69) is 9.05 Å². The molecule has 4 unspecified atom stereocenters. The molecule has 1 fully saturated rings. The molecule has 0 bridgehead atoms. The summed E-state index contributed by atoms with van der Waals surface area (Å²) in [6.45, 7) is 0. The average molecular weight is 258 g/mol. The molecule has 8 nitrogen and oxygen atoms in total. The lowest BCUT2D eigenvalue weighted by atomic mass is 9.87. The van der Waals surface area contributed by atoms with Gasteiger partial charge in [0, 0.05) is 13.5 Å². The molecule has 5 N–H and O–H groups in total. The second kappa shape index (κ2) is 5.07. The molecule has 9 heteroatoms. The van der Waals surface area contributed by atoms with E-state index in [9.17, 15) is 25.0 Å². The van der Waals surface area contributed by atoms with Crippen LogP contribution in [0, 0.1) is 0 Å². The summed E-state index contributed by atoms with van der Waals surface area (Å²) in [7, 11) is -3.45. The quantitative estimate of drug-likeness (QED) is 0.365. The van der Waals surface area contributed by atoms with Crippen molar-refractivity contribution in [2.24, 2.45) is 0 Å². The fraction of sp³-hybridized carbons (Fsp3) is 1.00. The molecule has 16 heavy (non-hydrogen) atoms. The predicted molar refractivity (Wildman–Crippen MR) is 50.4 cm³/mol. The van der Waals surface area contributed by atoms with E-state index in [1.165, 1.54) is 0 Å². The maximum atomic E-state index is 11.1. The van der Waals surface area contributed by atoms with Crippen LogP contribution in [-0.4, -0.2) is 62.9 Å². The van der Waals surface area contributed by atoms with Gasteiger partial charge in [-0.1, -0.05) is 0 Å². The molecule has 6 atom stereocenters. The van der Waals surface area contributed by atoms with Crippen molar-refractivity contribution in [3.63, 3.8) is 0 Å². The molecule has 0 aliphatic heterocycles. The molecule has 0 spiro atoms. The number of phosphoric acid groups is 1. The van der Waals surface area contributed by atoms with Crippen LogP contribution in [-0.2, 0) is 13.6 Å². The fourth-order valence-corrected chi connectivity index (χ4v) is 2.16. The number of aliphatic hydroxyl groups excluding tert-OH is 4. The summed E-state index contributed by atoms with van der Waals surface area (Å²) in [5.41, 5.74) is 0. The van der Waals surface area contributed by atoms with E-state index in [-0.39, 0.29) is 6.42 Å². The van der Waals surface area contributed by atoms with Gasteiger partial charge in [-0.2, -0.15) is 0 Å². The summed E-state index contributed by atoms with van der Waals surface area (Å²) < 4.78 is 19.7. The molecule has 0 saturated heterocycles. The highest BCUT2D eigenvalue weighted by Crippen LogP contribution is 2.45. The summed E-state index contributed by atoms with van der Waals surface area (Å²) in [6.07, 6.45) is -7.67. The Hall–Kier alpha value is -0.0500. The summed E-state index contributed by atoms with van der Waals surface area (Å²) in [4.78, 5) is 9.01. The molecule has 1 saturated carbocycles.